The molecule has 6 heteroatoms. The van der Waals surface area contributed by atoms with E-state index in [0.717, 1.165) is 18.6 Å². The van der Waals surface area contributed by atoms with E-state index in [0.29, 0.717) is 0 Å². The zero-order valence-electron chi connectivity index (χ0n) is 10.8. The summed E-state index contributed by atoms with van der Waals surface area (Å²) in [6.45, 7) is 3.69. The molecule has 0 aliphatic carbocycles. The average Bonchev–Trinajstić information content (AvgIpc) is 2.33. The van der Waals surface area contributed by atoms with Crippen LogP contribution < -0.4 is 10.6 Å². The van der Waals surface area contributed by atoms with Gasteiger partial charge in [0.05, 0.1) is 0 Å². The Morgan fingerprint density at radius 2 is 1.79 bits per heavy atom. The van der Waals surface area contributed by atoms with Crippen molar-refractivity contribution in [1.82, 2.24) is 5.32 Å². The molecule has 1 unspecified atom stereocenters. The Labute approximate surface area is 110 Å². The highest BCUT2D eigenvalue weighted by Crippen LogP contribution is 2.17. The number of carbonyl (C=O) groups excluding carboxylic acids is 2. The molecule has 0 aliphatic heterocycles. The van der Waals surface area contributed by atoms with Gasteiger partial charge >= 0.3 is 0 Å². The normalized spacial score (nSPS) is 11.8. The van der Waals surface area contributed by atoms with Gasteiger partial charge in [0.25, 0.3) is 0 Å². The molecule has 1 aromatic rings. The fourth-order valence-corrected chi connectivity index (χ4v) is 1.37. The van der Waals surface area contributed by atoms with Crippen LogP contribution in [0.2, 0.25) is 0 Å². The molecular weight excluding hydrogens is 254 g/mol. The smallest absolute Gasteiger partial charge is 0.233 e. The van der Waals surface area contributed by atoms with Crippen molar-refractivity contribution in [1.29, 1.82) is 0 Å². The summed E-state index contributed by atoms with van der Waals surface area (Å²) in [5.41, 5.74) is -0.538. The first-order chi connectivity index (χ1) is 8.93. The Balaban J connectivity index is 2.58. The lowest BCUT2D eigenvalue weighted by molar-refractivity contribution is -0.127. The number of rotatable bonds is 5. The highest BCUT2D eigenvalue weighted by Gasteiger charge is 2.15. The summed E-state index contributed by atoms with van der Waals surface area (Å²) >= 11 is 0. The number of anilines is 1. The molecule has 1 rings (SSSR count). The standard InChI is InChI=1S/C13H16F2N2O2/c1-3-8(2)16-11(18)7-12(19)17-13-9(14)5-4-6-10(13)15/h4-6,8H,3,7H2,1-2H3,(H,16,18)(H,17,19). The van der Waals surface area contributed by atoms with Crippen molar-refractivity contribution >= 4 is 17.5 Å². The molecule has 0 spiro atoms. The Morgan fingerprint density at radius 3 is 2.32 bits per heavy atom. The van der Waals surface area contributed by atoms with Crippen LogP contribution in [-0.2, 0) is 9.59 Å². The van der Waals surface area contributed by atoms with E-state index in [4.69, 9.17) is 0 Å². The number of para-hydroxylation sites is 1. The molecule has 0 radical (unpaired) electrons. The van der Waals surface area contributed by atoms with Gasteiger partial charge in [-0.2, -0.15) is 0 Å². The predicted molar refractivity (Wildman–Crippen MR) is 67.5 cm³/mol. The summed E-state index contributed by atoms with van der Waals surface area (Å²) in [6.07, 6.45) is 0.257. The molecule has 0 fully saturated rings. The van der Waals surface area contributed by atoms with Crippen molar-refractivity contribution in [2.45, 2.75) is 32.7 Å². The van der Waals surface area contributed by atoms with Gasteiger partial charge in [0.1, 0.15) is 23.7 Å². The van der Waals surface area contributed by atoms with Crippen molar-refractivity contribution < 1.29 is 18.4 Å². The molecule has 0 aromatic heterocycles. The molecule has 19 heavy (non-hydrogen) atoms. The molecule has 0 saturated carbocycles. The van der Waals surface area contributed by atoms with Gasteiger partial charge in [-0.05, 0) is 25.5 Å². The third-order valence-corrected chi connectivity index (χ3v) is 2.57. The minimum Gasteiger partial charge on any atom is -0.353 e. The number of carbonyl (C=O) groups is 2. The Kier molecular flexibility index (Phi) is 5.41. The highest BCUT2D eigenvalue weighted by atomic mass is 19.1. The average molecular weight is 270 g/mol. The molecule has 0 bridgehead atoms. The lowest BCUT2D eigenvalue weighted by Gasteiger charge is -2.11. The minimum absolute atomic E-state index is 0.0505. The monoisotopic (exact) mass is 270 g/mol. The third-order valence-electron chi connectivity index (χ3n) is 2.57. The van der Waals surface area contributed by atoms with Crippen molar-refractivity contribution in [2.75, 3.05) is 5.32 Å². The van der Waals surface area contributed by atoms with E-state index in [9.17, 15) is 18.4 Å². The van der Waals surface area contributed by atoms with Crippen LogP contribution in [0.5, 0.6) is 0 Å². The lowest BCUT2D eigenvalue weighted by atomic mass is 10.2. The molecule has 0 saturated heterocycles. The van der Waals surface area contributed by atoms with Crippen LogP contribution in [0.3, 0.4) is 0 Å². The summed E-state index contributed by atoms with van der Waals surface area (Å²) in [6, 6.07) is 3.19. The number of halogens is 2. The van der Waals surface area contributed by atoms with Crippen molar-refractivity contribution in [3.8, 4) is 0 Å². The Hall–Kier alpha value is -1.98. The molecule has 1 aromatic carbocycles. The van der Waals surface area contributed by atoms with Crippen LogP contribution in [0, 0.1) is 11.6 Å². The van der Waals surface area contributed by atoms with Crippen molar-refractivity contribution in [2.24, 2.45) is 0 Å². The van der Waals surface area contributed by atoms with E-state index in [1.165, 1.54) is 6.07 Å². The topological polar surface area (TPSA) is 58.2 Å². The van der Waals surface area contributed by atoms with Crippen LogP contribution in [0.15, 0.2) is 18.2 Å². The fourth-order valence-electron chi connectivity index (χ4n) is 1.37. The van der Waals surface area contributed by atoms with E-state index in [1.807, 2.05) is 6.92 Å². The lowest BCUT2D eigenvalue weighted by Crippen LogP contribution is -2.34. The second-order valence-electron chi connectivity index (χ2n) is 4.20. The summed E-state index contributed by atoms with van der Waals surface area (Å²) in [4.78, 5) is 22.9. The van der Waals surface area contributed by atoms with E-state index < -0.39 is 35.6 Å². The second-order valence-corrected chi connectivity index (χ2v) is 4.20. The maximum atomic E-state index is 13.3. The van der Waals surface area contributed by atoms with E-state index in [1.54, 1.807) is 6.92 Å². The molecule has 104 valence electrons. The third kappa shape index (κ3) is 4.65. The molecular formula is C13H16F2N2O2. The van der Waals surface area contributed by atoms with Crippen LogP contribution in [0.1, 0.15) is 26.7 Å². The number of amides is 2. The molecule has 0 aliphatic rings. The van der Waals surface area contributed by atoms with Crippen LogP contribution in [0.25, 0.3) is 0 Å². The van der Waals surface area contributed by atoms with Gasteiger partial charge < -0.3 is 10.6 Å². The van der Waals surface area contributed by atoms with Gasteiger partial charge in [0.15, 0.2) is 0 Å². The quantitative estimate of drug-likeness (QED) is 0.806. The zero-order chi connectivity index (χ0) is 14.4. The van der Waals surface area contributed by atoms with Gasteiger partial charge in [-0.1, -0.05) is 13.0 Å². The first kappa shape index (κ1) is 15.1. The highest BCUT2D eigenvalue weighted by molar-refractivity contribution is 6.03. The van der Waals surface area contributed by atoms with Gasteiger partial charge in [-0.25, -0.2) is 8.78 Å². The molecule has 2 amide bonds. The summed E-state index contributed by atoms with van der Waals surface area (Å²) in [7, 11) is 0. The molecule has 2 N–H and O–H groups in total. The maximum absolute atomic E-state index is 13.3. The van der Waals surface area contributed by atoms with E-state index >= 15 is 0 Å². The predicted octanol–water partition coefficient (Wildman–Crippen LogP) is 2.21. The van der Waals surface area contributed by atoms with Gasteiger partial charge in [0, 0.05) is 6.04 Å². The summed E-state index contributed by atoms with van der Waals surface area (Å²) in [5.74, 6) is -3.00. The van der Waals surface area contributed by atoms with E-state index in [-0.39, 0.29) is 6.04 Å². The number of hydrogen-bond acceptors (Lipinski definition) is 2. The van der Waals surface area contributed by atoms with Crippen LogP contribution in [0.4, 0.5) is 14.5 Å². The van der Waals surface area contributed by atoms with Crippen molar-refractivity contribution in [3.63, 3.8) is 0 Å². The molecule has 0 heterocycles. The van der Waals surface area contributed by atoms with E-state index in [2.05, 4.69) is 10.6 Å². The SMILES string of the molecule is CCC(C)NC(=O)CC(=O)Nc1c(F)cccc1F. The zero-order valence-corrected chi connectivity index (χ0v) is 10.8. The first-order valence-electron chi connectivity index (χ1n) is 5.97. The summed E-state index contributed by atoms with van der Waals surface area (Å²) in [5, 5.41) is 4.64. The van der Waals surface area contributed by atoms with Crippen molar-refractivity contribution in [3.05, 3.63) is 29.8 Å². The van der Waals surface area contributed by atoms with Gasteiger partial charge in [0.2, 0.25) is 11.8 Å². The Morgan fingerprint density at radius 1 is 1.21 bits per heavy atom. The maximum Gasteiger partial charge on any atom is 0.233 e. The first-order valence-corrected chi connectivity index (χ1v) is 5.97. The van der Waals surface area contributed by atoms with Gasteiger partial charge in [-0.3, -0.25) is 9.59 Å². The molecule has 1 atom stereocenters. The largest absolute Gasteiger partial charge is 0.353 e. The summed E-state index contributed by atoms with van der Waals surface area (Å²) < 4.78 is 26.5. The number of benzene rings is 1. The second kappa shape index (κ2) is 6.82. The number of nitrogens with one attached hydrogen (secondary N) is 2. The van der Waals surface area contributed by atoms with Crippen LogP contribution >= 0.6 is 0 Å². The van der Waals surface area contributed by atoms with Gasteiger partial charge in [-0.15, -0.1) is 0 Å². The fraction of sp³-hybridized carbons (Fsp3) is 0.385. The molecule has 4 nitrogen and oxygen atoms in total. The minimum atomic E-state index is -0.879. The number of hydrogen-bond donors (Lipinski definition) is 2. The Bertz CT molecular complexity index is 457. The van der Waals surface area contributed by atoms with Crippen LogP contribution in [-0.4, -0.2) is 17.9 Å².